The van der Waals surface area contributed by atoms with E-state index in [4.69, 9.17) is 23.2 Å². The Hall–Kier alpha value is -1.32. The zero-order valence-electron chi connectivity index (χ0n) is 10.4. The molecule has 98 valence electrons. The molecule has 3 rings (SSSR count). The van der Waals surface area contributed by atoms with Gasteiger partial charge in [-0.3, -0.25) is 4.79 Å². The number of ketones is 1. The quantitative estimate of drug-likeness (QED) is 0.798. The van der Waals surface area contributed by atoms with Gasteiger partial charge >= 0.3 is 0 Å². The number of nitrogens with zero attached hydrogens (tertiary/aromatic N) is 2. The molecule has 1 aromatic carbocycles. The largest absolute Gasteiger partial charge is 0.294 e. The van der Waals surface area contributed by atoms with E-state index < -0.39 is 0 Å². The molecule has 0 radical (unpaired) electrons. The van der Waals surface area contributed by atoms with E-state index in [9.17, 15) is 4.79 Å². The lowest BCUT2D eigenvalue weighted by molar-refractivity contribution is 0.0953. The molecule has 3 nitrogen and oxygen atoms in total. The molecule has 0 saturated carbocycles. The van der Waals surface area contributed by atoms with Gasteiger partial charge in [0.1, 0.15) is 0 Å². The summed E-state index contributed by atoms with van der Waals surface area (Å²) < 4.78 is 1.76. The second-order valence-electron chi connectivity index (χ2n) is 4.98. The second-order valence-corrected chi connectivity index (χ2v) is 5.85. The van der Waals surface area contributed by atoms with Gasteiger partial charge in [0.2, 0.25) is 0 Å². The van der Waals surface area contributed by atoms with Crippen LogP contribution in [0, 0.1) is 5.92 Å². The molecule has 0 N–H and O–H groups in total. The zero-order chi connectivity index (χ0) is 13.6. The second kappa shape index (κ2) is 4.66. The van der Waals surface area contributed by atoms with Crippen LogP contribution in [0.4, 0.5) is 0 Å². The molecule has 0 aliphatic heterocycles. The molecule has 0 amide bonds. The number of Topliss-reactive ketones (excluding diaryl/α,β-unsaturated/α-hetero) is 1. The molecule has 5 heteroatoms. The summed E-state index contributed by atoms with van der Waals surface area (Å²) in [6.07, 6.45) is 3.07. The summed E-state index contributed by atoms with van der Waals surface area (Å²) in [6, 6.07) is 5.27. The van der Waals surface area contributed by atoms with Crippen LogP contribution in [0.3, 0.4) is 0 Å². The molecule has 1 aromatic heterocycles. The molecule has 19 heavy (non-hydrogen) atoms. The highest BCUT2D eigenvalue weighted by Crippen LogP contribution is 2.29. The molecule has 1 aliphatic carbocycles. The Morgan fingerprint density at radius 1 is 1.21 bits per heavy atom. The molecule has 0 fully saturated rings. The van der Waals surface area contributed by atoms with Crippen LogP contribution in [0.2, 0.25) is 10.0 Å². The van der Waals surface area contributed by atoms with Crippen LogP contribution in [0.5, 0.6) is 0 Å². The first-order valence-electron chi connectivity index (χ1n) is 6.11. The van der Waals surface area contributed by atoms with Crippen molar-refractivity contribution < 1.29 is 4.79 Å². The predicted octanol–water partition coefficient (Wildman–Crippen LogP) is 3.94. The van der Waals surface area contributed by atoms with Crippen molar-refractivity contribution in [1.29, 1.82) is 0 Å². The van der Waals surface area contributed by atoms with E-state index in [1.54, 1.807) is 29.1 Å². The number of halogens is 2. The van der Waals surface area contributed by atoms with Crippen molar-refractivity contribution in [3.63, 3.8) is 0 Å². The van der Waals surface area contributed by atoms with Gasteiger partial charge < -0.3 is 0 Å². The smallest absolute Gasteiger partial charge is 0.166 e. The van der Waals surface area contributed by atoms with E-state index in [2.05, 4.69) is 12.0 Å². The van der Waals surface area contributed by atoms with Crippen LogP contribution >= 0.6 is 23.2 Å². The summed E-state index contributed by atoms with van der Waals surface area (Å²) in [4.78, 5) is 12.0. The Bertz CT molecular complexity index is 643. The third-order valence-electron chi connectivity index (χ3n) is 3.34. The minimum Gasteiger partial charge on any atom is -0.294 e. The molecule has 2 aromatic rings. The topological polar surface area (TPSA) is 34.9 Å². The van der Waals surface area contributed by atoms with Crippen molar-refractivity contribution >= 4 is 29.0 Å². The first-order valence-corrected chi connectivity index (χ1v) is 6.87. The van der Waals surface area contributed by atoms with Crippen molar-refractivity contribution in [2.45, 2.75) is 19.8 Å². The van der Waals surface area contributed by atoms with Crippen LogP contribution in [0.25, 0.3) is 5.69 Å². The Kier molecular flexibility index (Phi) is 3.11. The number of aromatic nitrogens is 2. The first kappa shape index (κ1) is 12.7. The number of benzene rings is 1. The maximum atomic E-state index is 12.0. The SMILES string of the molecule is CC1CC(=O)c2cnn(-c3cc(Cl)cc(Cl)c3)c2C1. The highest BCUT2D eigenvalue weighted by molar-refractivity contribution is 6.34. The van der Waals surface area contributed by atoms with Gasteiger partial charge in [0.15, 0.2) is 5.78 Å². The van der Waals surface area contributed by atoms with E-state index in [0.717, 1.165) is 17.8 Å². The molecule has 0 bridgehead atoms. The normalized spacial score (nSPS) is 18.5. The molecular weight excluding hydrogens is 283 g/mol. The number of fused-ring (bicyclic) bond motifs is 1. The van der Waals surface area contributed by atoms with Gasteiger partial charge in [0.25, 0.3) is 0 Å². The van der Waals surface area contributed by atoms with Crippen LogP contribution in [0.1, 0.15) is 29.4 Å². The summed E-state index contributed by atoms with van der Waals surface area (Å²) in [6.45, 7) is 2.07. The fourth-order valence-corrected chi connectivity index (χ4v) is 3.03. The fourth-order valence-electron chi connectivity index (χ4n) is 2.52. The van der Waals surface area contributed by atoms with Gasteiger partial charge in [0.05, 0.1) is 23.1 Å². The Balaban J connectivity index is 2.14. The van der Waals surface area contributed by atoms with E-state index in [1.165, 1.54) is 0 Å². The van der Waals surface area contributed by atoms with Crippen molar-refractivity contribution in [1.82, 2.24) is 9.78 Å². The monoisotopic (exact) mass is 294 g/mol. The highest BCUT2D eigenvalue weighted by Gasteiger charge is 2.26. The lowest BCUT2D eigenvalue weighted by Crippen LogP contribution is -2.19. The number of rotatable bonds is 1. The molecule has 1 heterocycles. The number of hydrogen-bond acceptors (Lipinski definition) is 2. The Morgan fingerprint density at radius 2 is 1.89 bits per heavy atom. The molecule has 0 saturated heterocycles. The van der Waals surface area contributed by atoms with Crippen molar-refractivity contribution in [3.8, 4) is 5.69 Å². The van der Waals surface area contributed by atoms with Crippen molar-refractivity contribution in [2.75, 3.05) is 0 Å². The van der Waals surface area contributed by atoms with Crippen LogP contribution in [-0.2, 0) is 6.42 Å². The maximum Gasteiger partial charge on any atom is 0.166 e. The van der Waals surface area contributed by atoms with Crippen LogP contribution in [-0.4, -0.2) is 15.6 Å². The van der Waals surface area contributed by atoms with Gasteiger partial charge in [-0.25, -0.2) is 4.68 Å². The molecule has 0 spiro atoms. The fraction of sp³-hybridized carbons (Fsp3) is 0.286. The van der Waals surface area contributed by atoms with E-state index in [1.807, 2.05) is 0 Å². The van der Waals surface area contributed by atoms with Gasteiger partial charge in [0, 0.05) is 16.5 Å². The predicted molar refractivity (Wildman–Crippen MR) is 75.4 cm³/mol. The zero-order valence-corrected chi connectivity index (χ0v) is 11.9. The molecule has 1 unspecified atom stereocenters. The Morgan fingerprint density at radius 3 is 2.58 bits per heavy atom. The third-order valence-corrected chi connectivity index (χ3v) is 3.77. The minimum absolute atomic E-state index is 0.160. The van der Waals surface area contributed by atoms with Gasteiger partial charge in [-0.15, -0.1) is 0 Å². The average Bonchev–Trinajstić information content (AvgIpc) is 2.71. The summed E-state index contributed by atoms with van der Waals surface area (Å²) in [5.41, 5.74) is 2.46. The number of hydrogen-bond donors (Lipinski definition) is 0. The molecular formula is C14H12Cl2N2O. The minimum atomic E-state index is 0.160. The van der Waals surface area contributed by atoms with E-state index in [0.29, 0.717) is 27.9 Å². The van der Waals surface area contributed by atoms with Gasteiger partial charge in [-0.2, -0.15) is 5.10 Å². The summed E-state index contributed by atoms with van der Waals surface area (Å²) in [7, 11) is 0. The lowest BCUT2D eigenvalue weighted by Gasteiger charge is -2.19. The Labute approximate surface area is 121 Å². The number of carbonyl (C=O) groups is 1. The first-order chi connectivity index (χ1) is 9.04. The van der Waals surface area contributed by atoms with E-state index >= 15 is 0 Å². The van der Waals surface area contributed by atoms with Crippen LogP contribution < -0.4 is 0 Å². The number of carbonyl (C=O) groups excluding carboxylic acids is 1. The van der Waals surface area contributed by atoms with E-state index in [-0.39, 0.29) is 5.78 Å². The average molecular weight is 295 g/mol. The molecule has 1 atom stereocenters. The van der Waals surface area contributed by atoms with Crippen molar-refractivity contribution in [3.05, 3.63) is 45.7 Å². The highest BCUT2D eigenvalue weighted by atomic mass is 35.5. The van der Waals surface area contributed by atoms with Gasteiger partial charge in [-0.05, 0) is 30.5 Å². The lowest BCUT2D eigenvalue weighted by atomic mass is 9.88. The summed E-state index contributed by atoms with van der Waals surface area (Å²) in [5, 5.41) is 5.43. The van der Waals surface area contributed by atoms with Crippen LogP contribution in [0.15, 0.2) is 24.4 Å². The van der Waals surface area contributed by atoms with Crippen molar-refractivity contribution in [2.24, 2.45) is 5.92 Å². The maximum absolute atomic E-state index is 12.0. The molecule has 1 aliphatic rings. The summed E-state index contributed by atoms with van der Waals surface area (Å²) >= 11 is 12.0. The summed E-state index contributed by atoms with van der Waals surface area (Å²) in [5.74, 6) is 0.498. The van der Waals surface area contributed by atoms with Gasteiger partial charge in [-0.1, -0.05) is 30.1 Å². The standard InChI is InChI=1S/C14H12Cl2N2O/c1-8-2-13-12(14(19)3-8)7-17-18(13)11-5-9(15)4-10(16)6-11/h4-8H,2-3H2,1H3. The third kappa shape index (κ3) is 2.28.